The quantitative estimate of drug-likeness (QED) is 0.240. The van der Waals surface area contributed by atoms with Crippen LogP contribution in [0, 0.1) is 22.2 Å². The molecule has 1 fully saturated rings. The normalized spacial score (nSPS) is 23.1. The number of phosphoric ester groups is 1. The molecule has 170 valence electrons. The molecule has 2 atom stereocenters. The first kappa shape index (κ1) is 26.0. The Kier molecular flexibility index (Phi) is 9.43. The molecule has 1 N–H and O–H groups in total. The lowest BCUT2D eigenvalue weighted by Crippen LogP contribution is -2.50. The number of nitriles is 1. The Labute approximate surface area is 175 Å². The number of rotatable bonds is 9. The molecule has 0 aromatic heterocycles. The van der Waals surface area contributed by atoms with Crippen molar-refractivity contribution in [3.8, 4) is 6.07 Å². The molecule has 30 heavy (non-hydrogen) atoms. The minimum atomic E-state index is -4.14. The summed E-state index contributed by atoms with van der Waals surface area (Å²) >= 11 is 0. The van der Waals surface area contributed by atoms with E-state index in [1.165, 1.54) is 0 Å². The standard InChI is InChI=1S/C18H29N2O9P/c1-17(2,3)16(23)26-12-28-30(24)27-11-18(4,5)14(29-30)15(22)20-9-7-13(21)25-10-6-8-19/h14H,6-7,9-12H2,1-5H3,(H,20,22)/t14-,30+/m0/s1. The molecule has 12 heteroatoms. The number of ether oxygens (including phenoxy) is 2. The molecule has 0 radical (unpaired) electrons. The molecular formula is C18H29N2O9P. The first-order valence-electron chi connectivity index (χ1n) is 9.36. The van der Waals surface area contributed by atoms with Crippen LogP contribution in [0.15, 0.2) is 0 Å². The monoisotopic (exact) mass is 448 g/mol. The van der Waals surface area contributed by atoms with Crippen LogP contribution in [-0.4, -0.2) is 50.5 Å². The summed E-state index contributed by atoms with van der Waals surface area (Å²) < 4.78 is 37.8. The highest BCUT2D eigenvalue weighted by molar-refractivity contribution is 7.48. The van der Waals surface area contributed by atoms with Gasteiger partial charge in [-0.2, -0.15) is 5.26 Å². The maximum atomic E-state index is 12.7. The number of carbonyl (C=O) groups is 3. The van der Waals surface area contributed by atoms with Gasteiger partial charge in [-0.3, -0.25) is 23.4 Å². The molecule has 1 amide bonds. The van der Waals surface area contributed by atoms with Crippen molar-refractivity contribution in [3.63, 3.8) is 0 Å². The van der Waals surface area contributed by atoms with E-state index in [2.05, 4.69) is 5.32 Å². The molecule has 1 saturated heterocycles. The van der Waals surface area contributed by atoms with E-state index in [0.29, 0.717) is 0 Å². The third-order valence-electron chi connectivity index (χ3n) is 3.90. The van der Waals surface area contributed by atoms with Gasteiger partial charge in [-0.15, -0.1) is 0 Å². The Morgan fingerprint density at radius 2 is 1.93 bits per heavy atom. The molecule has 0 bridgehead atoms. The molecule has 1 rings (SSSR count). The van der Waals surface area contributed by atoms with Crippen LogP contribution in [-0.2, 0) is 42.0 Å². The molecule has 0 aromatic carbocycles. The zero-order valence-corrected chi connectivity index (χ0v) is 18.8. The van der Waals surface area contributed by atoms with E-state index >= 15 is 0 Å². The lowest BCUT2D eigenvalue weighted by atomic mass is 9.87. The fourth-order valence-electron chi connectivity index (χ4n) is 2.12. The highest BCUT2D eigenvalue weighted by Gasteiger charge is 2.49. The van der Waals surface area contributed by atoms with Crippen LogP contribution in [0.1, 0.15) is 47.5 Å². The third kappa shape index (κ3) is 8.40. The summed E-state index contributed by atoms with van der Waals surface area (Å²) in [7, 11) is -4.14. The second-order valence-electron chi connectivity index (χ2n) is 8.29. The van der Waals surface area contributed by atoms with Gasteiger partial charge in [-0.25, -0.2) is 9.09 Å². The van der Waals surface area contributed by atoms with Gasteiger partial charge in [0.25, 0.3) is 0 Å². The maximum absolute atomic E-state index is 12.7. The van der Waals surface area contributed by atoms with Crippen LogP contribution in [0.5, 0.6) is 0 Å². The van der Waals surface area contributed by atoms with E-state index < -0.39 is 49.4 Å². The molecule has 0 unspecified atom stereocenters. The van der Waals surface area contributed by atoms with Gasteiger partial charge in [0.1, 0.15) is 6.61 Å². The lowest BCUT2D eigenvalue weighted by molar-refractivity contribution is -0.163. The highest BCUT2D eigenvalue weighted by atomic mass is 31.2. The molecular weight excluding hydrogens is 419 g/mol. The molecule has 0 aliphatic carbocycles. The van der Waals surface area contributed by atoms with Crippen molar-refractivity contribution in [3.05, 3.63) is 0 Å². The molecule has 11 nitrogen and oxygen atoms in total. The van der Waals surface area contributed by atoms with Crippen LogP contribution in [0.4, 0.5) is 0 Å². The Morgan fingerprint density at radius 1 is 1.27 bits per heavy atom. The topological polar surface area (TPSA) is 150 Å². The molecule has 0 aromatic rings. The second-order valence-corrected chi connectivity index (χ2v) is 9.91. The van der Waals surface area contributed by atoms with Crippen LogP contribution in [0.3, 0.4) is 0 Å². The van der Waals surface area contributed by atoms with Crippen molar-refractivity contribution in [2.75, 3.05) is 26.6 Å². The van der Waals surface area contributed by atoms with Crippen molar-refractivity contribution >= 4 is 25.7 Å². The number of nitrogens with one attached hydrogen (secondary N) is 1. The average Bonchev–Trinajstić information content (AvgIpc) is 2.63. The van der Waals surface area contributed by atoms with Crippen LogP contribution in [0.2, 0.25) is 0 Å². The SMILES string of the molecule is CC(C)(C)C(=O)OCO[P@@]1(=O)OCC(C)(C)[C@H](C(=O)NCCC(=O)OCCC#N)O1. The van der Waals surface area contributed by atoms with Gasteiger partial charge in [0.05, 0.1) is 30.9 Å². The first-order valence-corrected chi connectivity index (χ1v) is 10.8. The van der Waals surface area contributed by atoms with E-state index in [0.717, 1.165) is 0 Å². The number of hydrogen-bond acceptors (Lipinski definition) is 10. The number of amides is 1. The molecule has 1 heterocycles. The second kappa shape index (κ2) is 10.9. The van der Waals surface area contributed by atoms with Gasteiger partial charge in [0.2, 0.25) is 12.7 Å². The van der Waals surface area contributed by atoms with E-state index in [9.17, 15) is 18.9 Å². The first-order chi connectivity index (χ1) is 13.8. The minimum absolute atomic E-state index is 0.0142. The Bertz CT molecular complexity index is 724. The van der Waals surface area contributed by atoms with Gasteiger partial charge < -0.3 is 14.8 Å². The van der Waals surface area contributed by atoms with Crippen LogP contribution >= 0.6 is 7.82 Å². The fourth-order valence-corrected chi connectivity index (χ4v) is 3.63. The van der Waals surface area contributed by atoms with Crippen molar-refractivity contribution in [1.82, 2.24) is 5.32 Å². The predicted molar refractivity (Wildman–Crippen MR) is 103 cm³/mol. The van der Waals surface area contributed by atoms with Crippen LogP contribution < -0.4 is 5.32 Å². The fraction of sp³-hybridized carbons (Fsp3) is 0.778. The molecule has 1 aliphatic rings. The smallest absolute Gasteiger partial charge is 0.465 e. The van der Waals surface area contributed by atoms with Gasteiger partial charge >= 0.3 is 19.8 Å². The summed E-state index contributed by atoms with van der Waals surface area (Å²) in [6.07, 6.45) is -1.20. The summed E-state index contributed by atoms with van der Waals surface area (Å²) in [4.78, 5) is 35.8. The van der Waals surface area contributed by atoms with Crippen molar-refractivity contribution in [1.29, 1.82) is 5.26 Å². The number of hydrogen-bond donors (Lipinski definition) is 1. The maximum Gasteiger partial charge on any atom is 0.478 e. The third-order valence-corrected chi connectivity index (χ3v) is 5.23. The van der Waals surface area contributed by atoms with E-state index in [1.54, 1.807) is 34.6 Å². The van der Waals surface area contributed by atoms with Gasteiger partial charge in [0.15, 0.2) is 6.10 Å². The van der Waals surface area contributed by atoms with Gasteiger partial charge in [-0.1, -0.05) is 13.8 Å². The molecule has 0 spiro atoms. The van der Waals surface area contributed by atoms with Crippen molar-refractivity contribution in [2.24, 2.45) is 10.8 Å². The van der Waals surface area contributed by atoms with E-state index in [4.69, 9.17) is 28.3 Å². The van der Waals surface area contributed by atoms with Crippen molar-refractivity contribution < 1.29 is 42.0 Å². The molecule has 0 saturated carbocycles. The largest absolute Gasteiger partial charge is 0.478 e. The average molecular weight is 448 g/mol. The number of carbonyl (C=O) groups excluding carboxylic acids is 3. The summed E-state index contributed by atoms with van der Waals surface area (Å²) in [6, 6.07) is 1.84. The number of phosphoric acid groups is 1. The predicted octanol–water partition coefficient (Wildman–Crippen LogP) is 2.06. The van der Waals surface area contributed by atoms with E-state index in [1.807, 2.05) is 6.07 Å². The Hall–Kier alpha value is -1.99. The van der Waals surface area contributed by atoms with E-state index in [-0.39, 0.29) is 32.6 Å². The number of nitrogens with zero attached hydrogens (tertiary/aromatic N) is 1. The number of esters is 2. The van der Waals surface area contributed by atoms with Crippen LogP contribution in [0.25, 0.3) is 0 Å². The Morgan fingerprint density at radius 3 is 2.53 bits per heavy atom. The molecule has 1 aliphatic heterocycles. The zero-order chi connectivity index (χ0) is 23.0. The van der Waals surface area contributed by atoms with Gasteiger partial charge in [-0.05, 0) is 20.8 Å². The summed E-state index contributed by atoms with van der Waals surface area (Å²) in [5.74, 6) is -1.74. The summed E-state index contributed by atoms with van der Waals surface area (Å²) in [5.41, 5.74) is -1.61. The van der Waals surface area contributed by atoms with Crippen molar-refractivity contribution in [2.45, 2.75) is 53.6 Å². The summed E-state index contributed by atoms with van der Waals surface area (Å²) in [6.45, 7) is 7.48. The minimum Gasteiger partial charge on any atom is -0.465 e. The van der Waals surface area contributed by atoms with Gasteiger partial charge in [0, 0.05) is 12.0 Å². The highest BCUT2D eigenvalue weighted by Crippen LogP contribution is 2.57. The summed E-state index contributed by atoms with van der Waals surface area (Å²) in [5, 5.41) is 10.9. The Balaban J connectivity index is 2.57. The lowest BCUT2D eigenvalue weighted by Gasteiger charge is -2.39. The zero-order valence-electron chi connectivity index (χ0n) is 17.9.